The Morgan fingerprint density at radius 3 is 2.55 bits per heavy atom. The van der Waals surface area contributed by atoms with Crippen molar-refractivity contribution in [2.45, 2.75) is 26.3 Å². The van der Waals surface area contributed by atoms with Crippen LogP contribution in [0.1, 0.15) is 24.5 Å². The van der Waals surface area contributed by atoms with Gasteiger partial charge in [-0.15, -0.1) is 10.2 Å². The van der Waals surface area contributed by atoms with Gasteiger partial charge in [0.2, 0.25) is 0 Å². The normalized spacial score (nSPS) is 16.8. The first-order valence-corrected chi connectivity index (χ1v) is 7.69. The number of aryl methyl sites for hydroxylation is 1. The predicted molar refractivity (Wildman–Crippen MR) is 81.3 cm³/mol. The fourth-order valence-corrected chi connectivity index (χ4v) is 2.65. The Labute approximate surface area is 130 Å². The highest BCUT2D eigenvalue weighted by Gasteiger charge is 2.21. The minimum absolute atomic E-state index is 0.472. The van der Waals surface area contributed by atoms with E-state index in [1.165, 1.54) is 0 Å². The van der Waals surface area contributed by atoms with Crippen LogP contribution in [0.4, 0.5) is 0 Å². The van der Waals surface area contributed by atoms with Gasteiger partial charge >= 0.3 is 6.01 Å². The van der Waals surface area contributed by atoms with Crippen molar-refractivity contribution in [3.05, 3.63) is 30.1 Å². The highest BCUT2D eigenvalue weighted by Crippen LogP contribution is 2.19. The molecule has 0 aliphatic carbocycles. The summed E-state index contributed by atoms with van der Waals surface area (Å²) in [6.45, 7) is 5.67. The maximum absolute atomic E-state index is 5.65. The molecule has 0 atom stereocenters. The molecule has 0 aromatic carbocycles. The SMILES string of the molecule is Cc1nnc(CN2CCC(COc3ncccn3)CC2)n1C. The molecule has 1 saturated heterocycles. The Hall–Kier alpha value is -2.02. The number of rotatable bonds is 5. The number of piperidine rings is 1. The van der Waals surface area contributed by atoms with E-state index >= 15 is 0 Å². The maximum atomic E-state index is 5.65. The van der Waals surface area contributed by atoms with Gasteiger partial charge in [-0.1, -0.05) is 0 Å². The largest absolute Gasteiger partial charge is 0.463 e. The summed E-state index contributed by atoms with van der Waals surface area (Å²) in [6, 6.07) is 2.26. The van der Waals surface area contributed by atoms with Crippen molar-refractivity contribution in [1.82, 2.24) is 29.6 Å². The fraction of sp³-hybridized carbons (Fsp3) is 0.600. The lowest BCUT2D eigenvalue weighted by atomic mass is 9.98. The summed E-state index contributed by atoms with van der Waals surface area (Å²) in [5, 5.41) is 8.35. The molecule has 0 N–H and O–H groups in total. The third-order valence-corrected chi connectivity index (χ3v) is 4.25. The Morgan fingerprint density at radius 1 is 1.18 bits per heavy atom. The van der Waals surface area contributed by atoms with E-state index in [0.717, 1.165) is 44.1 Å². The molecule has 22 heavy (non-hydrogen) atoms. The zero-order valence-corrected chi connectivity index (χ0v) is 13.1. The van der Waals surface area contributed by atoms with Crippen LogP contribution in [0.3, 0.4) is 0 Å². The summed E-state index contributed by atoms with van der Waals surface area (Å²) in [5.74, 6) is 2.56. The van der Waals surface area contributed by atoms with Crippen molar-refractivity contribution < 1.29 is 4.74 Å². The Kier molecular flexibility index (Phi) is 4.62. The van der Waals surface area contributed by atoms with Gasteiger partial charge in [0.25, 0.3) is 0 Å². The minimum atomic E-state index is 0.472. The number of hydrogen-bond acceptors (Lipinski definition) is 6. The van der Waals surface area contributed by atoms with E-state index in [1.807, 2.05) is 14.0 Å². The van der Waals surface area contributed by atoms with Crippen LogP contribution in [0.25, 0.3) is 0 Å². The third-order valence-electron chi connectivity index (χ3n) is 4.25. The van der Waals surface area contributed by atoms with Gasteiger partial charge < -0.3 is 9.30 Å². The lowest BCUT2D eigenvalue weighted by Crippen LogP contribution is -2.35. The van der Waals surface area contributed by atoms with Crippen LogP contribution in [-0.2, 0) is 13.6 Å². The smallest absolute Gasteiger partial charge is 0.316 e. The molecule has 1 aliphatic heterocycles. The van der Waals surface area contributed by atoms with E-state index in [9.17, 15) is 0 Å². The monoisotopic (exact) mass is 302 g/mol. The van der Waals surface area contributed by atoms with Crippen molar-refractivity contribution in [3.8, 4) is 6.01 Å². The van der Waals surface area contributed by atoms with Crippen LogP contribution in [0, 0.1) is 12.8 Å². The third kappa shape index (κ3) is 3.59. The number of likely N-dealkylation sites (tertiary alicyclic amines) is 1. The second kappa shape index (κ2) is 6.83. The summed E-state index contributed by atoms with van der Waals surface area (Å²) in [4.78, 5) is 10.6. The molecule has 1 fully saturated rings. The Morgan fingerprint density at radius 2 is 1.91 bits per heavy atom. The summed E-state index contributed by atoms with van der Waals surface area (Å²) in [6.07, 6.45) is 5.66. The second-order valence-corrected chi connectivity index (χ2v) is 5.78. The molecule has 0 amide bonds. The van der Waals surface area contributed by atoms with Crippen molar-refractivity contribution in [3.63, 3.8) is 0 Å². The number of nitrogens with zero attached hydrogens (tertiary/aromatic N) is 6. The Balaban J connectivity index is 1.43. The highest BCUT2D eigenvalue weighted by molar-refractivity contribution is 4.94. The first kappa shape index (κ1) is 14.9. The molecule has 0 radical (unpaired) electrons. The molecule has 0 bridgehead atoms. The minimum Gasteiger partial charge on any atom is -0.463 e. The molecule has 2 aromatic rings. The summed E-state index contributed by atoms with van der Waals surface area (Å²) in [7, 11) is 2.02. The van der Waals surface area contributed by atoms with E-state index in [2.05, 4.69) is 29.6 Å². The average molecular weight is 302 g/mol. The standard InChI is InChI=1S/C15H22N6O/c1-12-18-19-14(20(12)2)10-21-8-4-13(5-9-21)11-22-15-16-6-3-7-17-15/h3,6-7,13H,4-5,8-11H2,1-2H3. The molecule has 7 nitrogen and oxygen atoms in total. The first-order chi connectivity index (χ1) is 10.7. The van der Waals surface area contributed by atoms with Gasteiger partial charge in [0.1, 0.15) is 11.6 Å². The van der Waals surface area contributed by atoms with Crippen LogP contribution >= 0.6 is 0 Å². The lowest BCUT2D eigenvalue weighted by Gasteiger charge is -2.31. The van der Waals surface area contributed by atoms with Gasteiger partial charge in [0.15, 0.2) is 0 Å². The maximum Gasteiger partial charge on any atom is 0.316 e. The first-order valence-electron chi connectivity index (χ1n) is 7.69. The van der Waals surface area contributed by atoms with Crippen molar-refractivity contribution in [2.24, 2.45) is 13.0 Å². The molecule has 7 heteroatoms. The number of ether oxygens (including phenoxy) is 1. The molecule has 1 aliphatic rings. The van der Waals surface area contributed by atoms with E-state index in [0.29, 0.717) is 18.5 Å². The van der Waals surface area contributed by atoms with Crippen LogP contribution < -0.4 is 4.74 Å². The van der Waals surface area contributed by atoms with E-state index in [4.69, 9.17) is 4.74 Å². The van der Waals surface area contributed by atoms with Crippen LogP contribution in [0.2, 0.25) is 0 Å². The molecular weight excluding hydrogens is 280 g/mol. The lowest BCUT2D eigenvalue weighted by molar-refractivity contribution is 0.129. The second-order valence-electron chi connectivity index (χ2n) is 5.78. The van der Waals surface area contributed by atoms with E-state index in [-0.39, 0.29) is 0 Å². The highest BCUT2D eigenvalue weighted by atomic mass is 16.5. The number of hydrogen-bond donors (Lipinski definition) is 0. The molecule has 2 aromatic heterocycles. The summed E-state index contributed by atoms with van der Waals surface area (Å²) >= 11 is 0. The van der Waals surface area contributed by atoms with Gasteiger partial charge in [-0.25, -0.2) is 9.97 Å². The molecular formula is C15H22N6O. The van der Waals surface area contributed by atoms with Gasteiger partial charge in [0.05, 0.1) is 13.2 Å². The topological polar surface area (TPSA) is 69.0 Å². The van der Waals surface area contributed by atoms with Gasteiger partial charge in [0, 0.05) is 19.4 Å². The van der Waals surface area contributed by atoms with Crippen molar-refractivity contribution in [1.29, 1.82) is 0 Å². The summed E-state index contributed by atoms with van der Waals surface area (Å²) < 4.78 is 7.71. The summed E-state index contributed by atoms with van der Waals surface area (Å²) in [5.41, 5.74) is 0. The van der Waals surface area contributed by atoms with Crippen molar-refractivity contribution >= 4 is 0 Å². The van der Waals surface area contributed by atoms with Crippen LogP contribution in [0.15, 0.2) is 18.5 Å². The zero-order valence-electron chi connectivity index (χ0n) is 13.1. The van der Waals surface area contributed by atoms with Crippen LogP contribution in [0.5, 0.6) is 6.01 Å². The molecule has 0 unspecified atom stereocenters. The van der Waals surface area contributed by atoms with E-state index in [1.54, 1.807) is 18.5 Å². The quantitative estimate of drug-likeness (QED) is 0.827. The molecule has 0 saturated carbocycles. The Bertz CT molecular complexity index is 591. The van der Waals surface area contributed by atoms with Gasteiger partial charge in [-0.3, -0.25) is 4.90 Å². The molecule has 3 heterocycles. The van der Waals surface area contributed by atoms with Gasteiger partial charge in [-0.05, 0) is 44.8 Å². The molecule has 3 rings (SSSR count). The van der Waals surface area contributed by atoms with Crippen molar-refractivity contribution in [2.75, 3.05) is 19.7 Å². The van der Waals surface area contributed by atoms with E-state index < -0.39 is 0 Å². The number of aromatic nitrogens is 5. The molecule has 0 spiro atoms. The predicted octanol–water partition coefficient (Wildman–Crippen LogP) is 1.20. The van der Waals surface area contributed by atoms with Gasteiger partial charge in [-0.2, -0.15) is 0 Å². The molecule has 118 valence electrons. The average Bonchev–Trinajstić information content (AvgIpc) is 2.87. The zero-order chi connectivity index (χ0) is 15.4. The fourth-order valence-electron chi connectivity index (χ4n) is 2.65. The van der Waals surface area contributed by atoms with Crippen LogP contribution in [-0.4, -0.2) is 49.3 Å².